The number of nitrogens with zero attached hydrogens (tertiary/aromatic N) is 4. The standard InChI is InChI=1S/C17H20F2N4O2/c1-8(2)23-16(14-12-4-10(24)5-13(12)14)21-15(22-23)9-3-11(7-20-6-9)25-17(18)19/h3,6-8,10,12-14,17,24H,4-5H2,1-2H3/t10?,12-,13+,14?. The van der Waals surface area contributed by atoms with Crippen LogP contribution in [0.15, 0.2) is 18.5 Å². The van der Waals surface area contributed by atoms with E-state index < -0.39 is 6.61 Å². The topological polar surface area (TPSA) is 73.1 Å². The second-order valence-electron chi connectivity index (χ2n) is 7.10. The van der Waals surface area contributed by atoms with Crippen LogP contribution in [0.1, 0.15) is 44.5 Å². The van der Waals surface area contributed by atoms with Gasteiger partial charge in [0.15, 0.2) is 5.82 Å². The monoisotopic (exact) mass is 350 g/mol. The molecule has 0 amide bonds. The molecule has 2 aliphatic rings. The van der Waals surface area contributed by atoms with Crippen LogP contribution in [0.25, 0.3) is 11.4 Å². The van der Waals surface area contributed by atoms with Crippen molar-refractivity contribution in [2.24, 2.45) is 11.8 Å². The molecule has 2 aromatic heterocycles. The first-order chi connectivity index (χ1) is 11.9. The summed E-state index contributed by atoms with van der Waals surface area (Å²) in [7, 11) is 0. The van der Waals surface area contributed by atoms with Crippen LogP contribution in [-0.2, 0) is 0 Å². The Balaban J connectivity index is 1.64. The Hall–Kier alpha value is -2.09. The largest absolute Gasteiger partial charge is 0.433 e. The van der Waals surface area contributed by atoms with Crippen molar-refractivity contribution in [1.29, 1.82) is 0 Å². The first-order valence-corrected chi connectivity index (χ1v) is 8.48. The molecule has 8 heteroatoms. The minimum absolute atomic E-state index is 0.0126. The van der Waals surface area contributed by atoms with E-state index in [4.69, 9.17) is 0 Å². The van der Waals surface area contributed by atoms with Crippen LogP contribution >= 0.6 is 0 Å². The molecule has 0 aliphatic heterocycles. The van der Waals surface area contributed by atoms with Gasteiger partial charge in [0.05, 0.1) is 12.3 Å². The summed E-state index contributed by atoms with van der Waals surface area (Å²) < 4.78 is 31.1. The van der Waals surface area contributed by atoms with Gasteiger partial charge in [0.25, 0.3) is 0 Å². The zero-order valence-electron chi connectivity index (χ0n) is 14.0. The molecular formula is C17H20F2N4O2. The van der Waals surface area contributed by atoms with Gasteiger partial charge in [-0.15, -0.1) is 0 Å². The third-order valence-corrected chi connectivity index (χ3v) is 5.06. The van der Waals surface area contributed by atoms with Crippen molar-refractivity contribution in [1.82, 2.24) is 19.7 Å². The maximum absolute atomic E-state index is 12.4. The molecule has 134 valence electrons. The fourth-order valence-corrected chi connectivity index (χ4v) is 3.97. The van der Waals surface area contributed by atoms with Crippen molar-refractivity contribution >= 4 is 0 Å². The molecule has 0 spiro atoms. The van der Waals surface area contributed by atoms with Gasteiger partial charge in [-0.25, -0.2) is 9.67 Å². The van der Waals surface area contributed by atoms with E-state index in [1.807, 2.05) is 18.5 Å². The highest BCUT2D eigenvalue weighted by atomic mass is 19.3. The first kappa shape index (κ1) is 16.4. The predicted octanol–water partition coefficient (Wildman–Crippen LogP) is 3.01. The summed E-state index contributed by atoms with van der Waals surface area (Å²) in [5.74, 6) is 2.61. The highest BCUT2D eigenvalue weighted by molar-refractivity contribution is 5.55. The van der Waals surface area contributed by atoms with E-state index in [0.29, 0.717) is 29.1 Å². The molecule has 0 saturated heterocycles. The van der Waals surface area contributed by atoms with E-state index in [2.05, 4.69) is 19.8 Å². The Labute approximate surface area is 143 Å². The lowest BCUT2D eigenvalue weighted by atomic mass is 10.1. The molecule has 2 fully saturated rings. The third kappa shape index (κ3) is 2.99. The number of halogens is 2. The van der Waals surface area contributed by atoms with Gasteiger partial charge in [0, 0.05) is 23.7 Å². The molecule has 2 aromatic rings. The predicted molar refractivity (Wildman–Crippen MR) is 85.2 cm³/mol. The van der Waals surface area contributed by atoms with Gasteiger partial charge in [-0.05, 0) is 44.6 Å². The Bertz CT molecular complexity index is 768. The maximum Gasteiger partial charge on any atom is 0.387 e. The van der Waals surface area contributed by atoms with Crippen LogP contribution in [0.4, 0.5) is 8.78 Å². The lowest BCUT2D eigenvalue weighted by molar-refractivity contribution is -0.0500. The smallest absolute Gasteiger partial charge is 0.387 e. The Morgan fingerprint density at radius 2 is 1.96 bits per heavy atom. The molecule has 0 aromatic carbocycles. The van der Waals surface area contributed by atoms with Crippen molar-refractivity contribution in [3.05, 3.63) is 24.3 Å². The number of alkyl halides is 2. The summed E-state index contributed by atoms with van der Waals surface area (Å²) in [5, 5.41) is 14.3. The van der Waals surface area contributed by atoms with Crippen molar-refractivity contribution in [3.63, 3.8) is 0 Å². The zero-order chi connectivity index (χ0) is 17.7. The van der Waals surface area contributed by atoms with Crippen molar-refractivity contribution in [2.45, 2.75) is 51.4 Å². The SMILES string of the molecule is CC(C)n1nc(-c2cncc(OC(F)F)c2)nc1C1[C@H]2CC(O)C[C@@H]12. The summed E-state index contributed by atoms with van der Waals surface area (Å²) in [6.45, 7) is 1.17. The Morgan fingerprint density at radius 1 is 1.24 bits per heavy atom. The van der Waals surface area contributed by atoms with Crippen LogP contribution in [0, 0.1) is 11.8 Å². The minimum Gasteiger partial charge on any atom is -0.433 e. The normalized spacial score (nSPS) is 27.8. The van der Waals surface area contributed by atoms with Gasteiger partial charge in [0.2, 0.25) is 0 Å². The van der Waals surface area contributed by atoms with Crippen molar-refractivity contribution < 1.29 is 18.6 Å². The number of aliphatic hydroxyl groups is 1. The average molecular weight is 350 g/mol. The number of hydrogen-bond donors (Lipinski definition) is 1. The molecule has 0 bridgehead atoms. The summed E-state index contributed by atoms with van der Waals surface area (Å²) in [4.78, 5) is 8.62. The fourth-order valence-electron chi connectivity index (χ4n) is 3.97. The van der Waals surface area contributed by atoms with Gasteiger partial charge in [-0.1, -0.05) is 0 Å². The number of fused-ring (bicyclic) bond motifs is 1. The lowest BCUT2D eigenvalue weighted by Gasteiger charge is -2.11. The van der Waals surface area contributed by atoms with Crippen LogP contribution in [0.5, 0.6) is 5.75 Å². The van der Waals surface area contributed by atoms with E-state index >= 15 is 0 Å². The number of ether oxygens (including phenoxy) is 1. The van der Waals surface area contributed by atoms with Gasteiger partial charge in [-0.2, -0.15) is 13.9 Å². The van der Waals surface area contributed by atoms with Crippen molar-refractivity contribution in [2.75, 3.05) is 0 Å². The van der Waals surface area contributed by atoms with E-state index in [1.165, 1.54) is 12.3 Å². The quantitative estimate of drug-likeness (QED) is 0.897. The molecule has 2 aliphatic carbocycles. The number of pyridine rings is 1. The zero-order valence-corrected chi connectivity index (χ0v) is 14.0. The Kier molecular flexibility index (Phi) is 3.94. The summed E-state index contributed by atoms with van der Waals surface area (Å²) in [6.07, 6.45) is 4.21. The molecule has 25 heavy (non-hydrogen) atoms. The second kappa shape index (κ2) is 6.01. The highest BCUT2D eigenvalue weighted by Crippen LogP contribution is 2.62. The number of aliphatic hydroxyl groups excluding tert-OH is 1. The number of hydrogen-bond acceptors (Lipinski definition) is 5. The molecule has 0 radical (unpaired) electrons. The third-order valence-electron chi connectivity index (χ3n) is 5.06. The number of rotatable bonds is 5. The van der Waals surface area contributed by atoms with E-state index in [1.54, 1.807) is 6.20 Å². The van der Waals surface area contributed by atoms with E-state index in [-0.39, 0.29) is 17.9 Å². The van der Waals surface area contributed by atoms with Crippen LogP contribution in [0.3, 0.4) is 0 Å². The highest BCUT2D eigenvalue weighted by Gasteiger charge is 2.58. The van der Waals surface area contributed by atoms with E-state index in [0.717, 1.165) is 18.7 Å². The van der Waals surface area contributed by atoms with Crippen LogP contribution in [-0.4, -0.2) is 37.6 Å². The van der Waals surface area contributed by atoms with Crippen molar-refractivity contribution in [3.8, 4) is 17.1 Å². The van der Waals surface area contributed by atoms with Gasteiger partial charge in [0.1, 0.15) is 11.6 Å². The molecule has 2 heterocycles. The van der Waals surface area contributed by atoms with Gasteiger partial charge in [-0.3, -0.25) is 4.98 Å². The first-order valence-electron chi connectivity index (χ1n) is 8.48. The molecular weight excluding hydrogens is 330 g/mol. The fraction of sp³-hybridized carbons (Fsp3) is 0.588. The molecule has 6 nitrogen and oxygen atoms in total. The number of aromatic nitrogens is 4. The van der Waals surface area contributed by atoms with Crippen LogP contribution in [0.2, 0.25) is 0 Å². The van der Waals surface area contributed by atoms with Crippen LogP contribution < -0.4 is 4.74 Å². The summed E-state index contributed by atoms with van der Waals surface area (Å²) in [6, 6.07) is 1.61. The molecule has 2 unspecified atom stereocenters. The van der Waals surface area contributed by atoms with Gasteiger partial charge < -0.3 is 9.84 Å². The average Bonchev–Trinajstić information content (AvgIpc) is 2.91. The molecule has 4 rings (SSSR count). The maximum atomic E-state index is 12.4. The molecule has 4 atom stereocenters. The van der Waals surface area contributed by atoms with E-state index in [9.17, 15) is 13.9 Å². The second-order valence-corrected chi connectivity index (χ2v) is 7.10. The molecule has 1 N–H and O–H groups in total. The Morgan fingerprint density at radius 3 is 2.60 bits per heavy atom. The lowest BCUT2D eigenvalue weighted by Crippen LogP contribution is -2.11. The minimum atomic E-state index is -2.90. The van der Waals surface area contributed by atoms with Gasteiger partial charge >= 0.3 is 6.61 Å². The summed E-state index contributed by atoms with van der Waals surface area (Å²) >= 11 is 0. The molecule has 2 saturated carbocycles. The summed E-state index contributed by atoms with van der Waals surface area (Å²) in [5.41, 5.74) is 0.546.